The van der Waals surface area contributed by atoms with Gasteiger partial charge in [-0.15, -0.1) is 11.8 Å². The van der Waals surface area contributed by atoms with Gasteiger partial charge in [0.15, 0.2) is 0 Å². The molecule has 2 N–H and O–H groups in total. The fraction of sp³-hybridized carbons (Fsp3) is 0.417. The number of nitrogens with one attached hydrogen (secondary N) is 1. The van der Waals surface area contributed by atoms with Crippen LogP contribution < -0.4 is 5.32 Å². The lowest BCUT2D eigenvalue weighted by Gasteiger charge is -2.24. The minimum absolute atomic E-state index is 0.211. The van der Waals surface area contributed by atoms with Crippen molar-refractivity contribution in [2.75, 3.05) is 5.75 Å². The fourth-order valence-corrected chi connectivity index (χ4v) is 3.33. The van der Waals surface area contributed by atoms with Gasteiger partial charge in [0.25, 0.3) is 0 Å². The zero-order valence-electron chi connectivity index (χ0n) is 9.44. The number of hydrogen-bond acceptors (Lipinski definition) is 3. The second-order valence-corrected chi connectivity index (χ2v) is 6.34. The van der Waals surface area contributed by atoms with Crippen LogP contribution in [0.15, 0.2) is 24.3 Å². The number of halogens is 1. The summed E-state index contributed by atoms with van der Waals surface area (Å²) in [6, 6.07) is 7.22. The lowest BCUT2D eigenvalue weighted by Crippen LogP contribution is -2.44. The van der Waals surface area contributed by atoms with E-state index < -0.39 is 12.0 Å². The lowest BCUT2D eigenvalue weighted by molar-refractivity contribution is -0.138. The monoisotopic (exact) mass is 271 g/mol. The predicted octanol–water partition coefficient (Wildman–Crippen LogP) is 2.39. The Morgan fingerprint density at radius 2 is 2.24 bits per heavy atom. The minimum atomic E-state index is -0.780. The third-order valence-electron chi connectivity index (χ3n) is 2.80. The number of carboxylic acids is 1. The van der Waals surface area contributed by atoms with Crippen LogP contribution >= 0.6 is 23.4 Å². The van der Waals surface area contributed by atoms with E-state index >= 15 is 0 Å². The molecule has 1 saturated heterocycles. The van der Waals surface area contributed by atoms with E-state index in [2.05, 4.69) is 5.32 Å². The van der Waals surface area contributed by atoms with Gasteiger partial charge in [-0.3, -0.25) is 10.1 Å². The molecule has 1 aromatic carbocycles. The Labute approximate surface area is 110 Å². The third-order valence-corrected chi connectivity index (χ3v) is 4.45. The summed E-state index contributed by atoms with van der Waals surface area (Å²) >= 11 is 7.48. The number of rotatable bonds is 3. The molecule has 2 atom stereocenters. The Kier molecular flexibility index (Phi) is 3.66. The number of carboxylic acid groups (broad SMARTS) is 1. The molecular weight excluding hydrogens is 258 g/mol. The van der Waals surface area contributed by atoms with E-state index in [1.165, 1.54) is 0 Å². The van der Waals surface area contributed by atoms with Gasteiger partial charge < -0.3 is 5.11 Å². The highest BCUT2D eigenvalue weighted by Crippen LogP contribution is 2.33. The van der Waals surface area contributed by atoms with Gasteiger partial charge in [-0.25, -0.2) is 0 Å². The van der Waals surface area contributed by atoms with Gasteiger partial charge in [-0.2, -0.15) is 0 Å². The summed E-state index contributed by atoms with van der Waals surface area (Å²) in [4.78, 5) is 10.7. The Bertz CT molecular complexity index is 423. The van der Waals surface area contributed by atoms with E-state index in [1.54, 1.807) is 11.8 Å². The zero-order chi connectivity index (χ0) is 12.5. The van der Waals surface area contributed by atoms with Crippen molar-refractivity contribution in [3.63, 3.8) is 0 Å². The first-order valence-electron chi connectivity index (χ1n) is 5.37. The van der Waals surface area contributed by atoms with Crippen LogP contribution in [0.2, 0.25) is 5.02 Å². The first-order chi connectivity index (χ1) is 7.98. The average Bonchev–Trinajstić information content (AvgIpc) is 2.65. The Balaban J connectivity index is 2.04. The molecule has 0 bridgehead atoms. The zero-order valence-corrected chi connectivity index (χ0v) is 11.0. The largest absolute Gasteiger partial charge is 0.480 e. The molecule has 0 spiro atoms. The molecule has 0 aromatic heterocycles. The molecule has 92 valence electrons. The molecule has 1 aliphatic rings. The van der Waals surface area contributed by atoms with Crippen molar-refractivity contribution in [1.82, 2.24) is 5.32 Å². The summed E-state index contributed by atoms with van der Waals surface area (Å²) in [5, 5.41) is 12.8. The molecule has 1 heterocycles. The summed E-state index contributed by atoms with van der Waals surface area (Å²) in [5.74, 6) is -0.170. The quantitative estimate of drug-likeness (QED) is 0.886. The van der Waals surface area contributed by atoms with Gasteiger partial charge in [-0.05, 0) is 31.0 Å². The van der Waals surface area contributed by atoms with E-state index in [4.69, 9.17) is 16.7 Å². The van der Waals surface area contributed by atoms with Gasteiger partial charge in [0.1, 0.15) is 6.04 Å². The van der Waals surface area contributed by atoms with Crippen molar-refractivity contribution >= 4 is 29.3 Å². The fourth-order valence-electron chi connectivity index (χ4n) is 1.95. The number of benzene rings is 1. The van der Waals surface area contributed by atoms with Crippen LogP contribution in [0.1, 0.15) is 12.5 Å². The van der Waals surface area contributed by atoms with E-state index in [-0.39, 0.29) is 4.87 Å². The van der Waals surface area contributed by atoms with E-state index in [0.29, 0.717) is 10.8 Å². The number of carbonyl (C=O) groups is 1. The normalized spacial score (nSPS) is 28.2. The molecule has 0 radical (unpaired) electrons. The highest BCUT2D eigenvalue weighted by atomic mass is 35.5. The van der Waals surface area contributed by atoms with Gasteiger partial charge in [0, 0.05) is 10.8 Å². The van der Waals surface area contributed by atoms with E-state index in [9.17, 15) is 4.79 Å². The number of hydrogen-bond donors (Lipinski definition) is 2. The standard InChI is InChI=1S/C12H14ClNO2S/c1-12(14-10(7-17-12)11(15)16)6-8-2-4-9(13)5-3-8/h2-5,10,14H,6-7H2,1H3,(H,15,16)/t10-,12?/m1/s1. The predicted molar refractivity (Wildman–Crippen MR) is 70.6 cm³/mol. The summed E-state index contributed by atoms with van der Waals surface area (Å²) in [5.41, 5.74) is 1.16. The molecule has 5 heteroatoms. The molecular formula is C12H14ClNO2S. The highest BCUT2D eigenvalue weighted by Gasteiger charge is 2.38. The molecule has 0 amide bonds. The SMILES string of the molecule is CC1(Cc2ccc(Cl)cc2)N[C@@H](C(=O)O)CS1. The molecule has 3 nitrogen and oxygen atoms in total. The second-order valence-electron chi connectivity index (χ2n) is 4.38. The van der Waals surface area contributed by atoms with Crippen LogP contribution in [0.5, 0.6) is 0 Å². The van der Waals surface area contributed by atoms with Gasteiger partial charge in [0.05, 0.1) is 4.87 Å². The molecule has 17 heavy (non-hydrogen) atoms. The van der Waals surface area contributed by atoms with Crippen LogP contribution in [0, 0.1) is 0 Å². The Morgan fingerprint density at radius 1 is 1.59 bits per heavy atom. The van der Waals surface area contributed by atoms with Gasteiger partial charge in [0.2, 0.25) is 0 Å². The molecule has 1 unspecified atom stereocenters. The second kappa shape index (κ2) is 4.88. The Morgan fingerprint density at radius 3 is 2.76 bits per heavy atom. The Hall–Kier alpha value is -0.710. The van der Waals surface area contributed by atoms with Crippen molar-refractivity contribution in [2.24, 2.45) is 0 Å². The average molecular weight is 272 g/mol. The molecule has 1 aliphatic heterocycles. The molecule has 0 aliphatic carbocycles. The topological polar surface area (TPSA) is 49.3 Å². The summed E-state index contributed by atoms with van der Waals surface area (Å²) in [7, 11) is 0. The summed E-state index contributed by atoms with van der Waals surface area (Å²) in [6.07, 6.45) is 0.790. The van der Waals surface area contributed by atoms with E-state index in [1.807, 2.05) is 31.2 Å². The van der Waals surface area contributed by atoms with Crippen molar-refractivity contribution in [3.8, 4) is 0 Å². The lowest BCUT2D eigenvalue weighted by atomic mass is 10.1. The molecule has 1 fully saturated rings. The van der Waals surface area contributed by atoms with Crippen LogP contribution in [-0.4, -0.2) is 27.7 Å². The molecule has 1 aromatic rings. The van der Waals surface area contributed by atoms with Crippen LogP contribution in [0.3, 0.4) is 0 Å². The summed E-state index contributed by atoms with van der Waals surface area (Å²) in [6.45, 7) is 2.04. The first kappa shape index (κ1) is 12.7. The van der Waals surface area contributed by atoms with E-state index in [0.717, 1.165) is 12.0 Å². The highest BCUT2D eigenvalue weighted by molar-refractivity contribution is 8.00. The van der Waals surface area contributed by atoms with Crippen LogP contribution in [-0.2, 0) is 11.2 Å². The van der Waals surface area contributed by atoms with Crippen LogP contribution in [0.4, 0.5) is 0 Å². The maximum absolute atomic E-state index is 10.9. The first-order valence-corrected chi connectivity index (χ1v) is 6.74. The van der Waals surface area contributed by atoms with Crippen molar-refractivity contribution in [1.29, 1.82) is 0 Å². The smallest absolute Gasteiger partial charge is 0.321 e. The summed E-state index contributed by atoms with van der Waals surface area (Å²) < 4.78 is 0. The van der Waals surface area contributed by atoms with Crippen molar-refractivity contribution < 1.29 is 9.90 Å². The van der Waals surface area contributed by atoms with Gasteiger partial charge >= 0.3 is 5.97 Å². The van der Waals surface area contributed by atoms with Crippen LogP contribution in [0.25, 0.3) is 0 Å². The number of thioether (sulfide) groups is 1. The van der Waals surface area contributed by atoms with Crippen molar-refractivity contribution in [3.05, 3.63) is 34.9 Å². The van der Waals surface area contributed by atoms with Gasteiger partial charge in [-0.1, -0.05) is 23.7 Å². The number of aliphatic carboxylic acids is 1. The molecule has 0 saturated carbocycles. The van der Waals surface area contributed by atoms with Crippen molar-refractivity contribution in [2.45, 2.75) is 24.3 Å². The maximum atomic E-state index is 10.9. The maximum Gasteiger partial charge on any atom is 0.321 e. The molecule has 2 rings (SSSR count). The third kappa shape index (κ3) is 3.15. The minimum Gasteiger partial charge on any atom is -0.480 e.